The maximum Gasteiger partial charge on any atom is 0.00953 e. The molecule has 0 aromatic rings. The van der Waals surface area contributed by atoms with Crippen LogP contribution in [0.1, 0.15) is 85.5 Å². The Morgan fingerprint density at radius 2 is 1.68 bits per heavy atom. The fourth-order valence-corrected chi connectivity index (χ4v) is 3.58. The lowest BCUT2D eigenvalue weighted by Crippen LogP contribution is -2.38. The summed E-state index contributed by atoms with van der Waals surface area (Å²) in [5.41, 5.74) is 0. The molecule has 1 rings (SSSR count). The molecule has 0 bridgehead atoms. The number of hydrogen-bond acceptors (Lipinski definition) is 1. The normalized spacial score (nSPS) is 25.7. The van der Waals surface area contributed by atoms with Gasteiger partial charge in [0.25, 0.3) is 0 Å². The van der Waals surface area contributed by atoms with Crippen molar-refractivity contribution in [1.82, 2.24) is 5.32 Å². The Labute approximate surface area is 121 Å². The van der Waals surface area contributed by atoms with Crippen LogP contribution in [0.15, 0.2) is 0 Å². The van der Waals surface area contributed by atoms with Crippen LogP contribution in [-0.2, 0) is 0 Å². The summed E-state index contributed by atoms with van der Waals surface area (Å²) < 4.78 is 0. The van der Waals surface area contributed by atoms with Crippen molar-refractivity contribution < 1.29 is 0 Å². The minimum atomic E-state index is 0.802. The van der Waals surface area contributed by atoms with Gasteiger partial charge in [-0.2, -0.15) is 0 Å². The molecule has 114 valence electrons. The molecule has 1 nitrogen and oxygen atoms in total. The summed E-state index contributed by atoms with van der Waals surface area (Å²) in [7, 11) is 0. The Hall–Kier alpha value is -0.0400. The second-order valence-electron chi connectivity index (χ2n) is 7.07. The minimum absolute atomic E-state index is 0.802. The Balaban J connectivity index is 2.35. The van der Waals surface area contributed by atoms with Gasteiger partial charge in [0.2, 0.25) is 0 Å². The van der Waals surface area contributed by atoms with Gasteiger partial charge < -0.3 is 5.32 Å². The van der Waals surface area contributed by atoms with Crippen LogP contribution in [0.5, 0.6) is 0 Å². The zero-order valence-corrected chi connectivity index (χ0v) is 13.9. The molecule has 0 spiro atoms. The number of rotatable bonds is 9. The molecule has 0 radical (unpaired) electrons. The van der Waals surface area contributed by atoms with Crippen molar-refractivity contribution in [2.75, 3.05) is 6.54 Å². The van der Waals surface area contributed by atoms with Gasteiger partial charge >= 0.3 is 0 Å². The van der Waals surface area contributed by atoms with Crippen molar-refractivity contribution in [3.05, 3.63) is 0 Å². The van der Waals surface area contributed by atoms with Crippen LogP contribution in [0, 0.1) is 17.8 Å². The van der Waals surface area contributed by atoms with Crippen LogP contribution < -0.4 is 5.32 Å². The highest BCUT2D eigenvalue weighted by atomic mass is 14.9. The molecule has 1 N–H and O–H groups in total. The molecule has 0 amide bonds. The first kappa shape index (κ1) is 17.0. The molecule has 0 aromatic heterocycles. The van der Waals surface area contributed by atoms with Crippen molar-refractivity contribution in [3.8, 4) is 0 Å². The fraction of sp³-hybridized carbons (Fsp3) is 1.00. The minimum Gasteiger partial charge on any atom is -0.314 e. The summed E-state index contributed by atoms with van der Waals surface area (Å²) in [6, 6.07) is 0.802. The lowest BCUT2D eigenvalue weighted by atomic mass is 9.76. The Kier molecular flexibility index (Phi) is 8.77. The van der Waals surface area contributed by atoms with Gasteiger partial charge in [-0.05, 0) is 50.0 Å². The highest BCUT2D eigenvalue weighted by Gasteiger charge is 2.26. The van der Waals surface area contributed by atoms with Crippen molar-refractivity contribution in [2.45, 2.75) is 91.5 Å². The summed E-state index contributed by atoms with van der Waals surface area (Å²) in [4.78, 5) is 0. The van der Waals surface area contributed by atoms with Gasteiger partial charge in [0.05, 0.1) is 0 Å². The van der Waals surface area contributed by atoms with Gasteiger partial charge in [0.1, 0.15) is 0 Å². The van der Waals surface area contributed by atoms with E-state index in [2.05, 4.69) is 33.0 Å². The zero-order chi connectivity index (χ0) is 14.1. The first-order valence-electron chi connectivity index (χ1n) is 8.90. The molecule has 1 aliphatic rings. The molecule has 1 fully saturated rings. The van der Waals surface area contributed by atoms with Crippen molar-refractivity contribution in [3.63, 3.8) is 0 Å². The van der Waals surface area contributed by atoms with Crippen LogP contribution in [0.4, 0.5) is 0 Å². The van der Waals surface area contributed by atoms with Gasteiger partial charge in [-0.3, -0.25) is 0 Å². The topological polar surface area (TPSA) is 12.0 Å². The largest absolute Gasteiger partial charge is 0.314 e. The Morgan fingerprint density at radius 3 is 2.21 bits per heavy atom. The van der Waals surface area contributed by atoms with Crippen molar-refractivity contribution in [1.29, 1.82) is 0 Å². The fourth-order valence-electron chi connectivity index (χ4n) is 3.58. The van der Waals surface area contributed by atoms with E-state index in [1.54, 1.807) is 0 Å². The summed E-state index contributed by atoms with van der Waals surface area (Å²) in [6.07, 6.45) is 12.8. The van der Waals surface area contributed by atoms with E-state index in [4.69, 9.17) is 0 Å². The molecule has 0 aromatic carbocycles. The van der Waals surface area contributed by atoms with E-state index in [1.807, 2.05) is 0 Å². The molecule has 0 heterocycles. The molecular formula is C18H37N. The standard InChI is InChI=1S/C18H37N/c1-5-14-19-18(9-7-8-15(3)4)17-12-10-16(6-2)11-13-17/h15-19H,5-14H2,1-4H3. The Bertz CT molecular complexity index is 204. The highest BCUT2D eigenvalue weighted by molar-refractivity contribution is 4.81. The summed E-state index contributed by atoms with van der Waals surface area (Å²) in [5.74, 6) is 2.85. The monoisotopic (exact) mass is 267 g/mol. The third-order valence-corrected chi connectivity index (χ3v) is 4.99. The van der Waals surface area contributed by atoms with Crippen LogP contribution in [0.3, 0.4) is 0 Å². The van der Waals surface area contributed by atoms with Gasteiger partial charge in [-0.1, -0.05) is 59.8 Å². The van der Waals surface area contributed by atoms with Crippen molar-refractivity contribution >= 4 is 0 Å². The SMILES string of the molecule is CCCNC(CCCC(C)C)C1CCC(CC)CC1. The van der Waals surface area contributed by atoms with Crippen molar-refractivity contribution in [2.24, 2.45) is 17.8 Å². The second-order valence-corrected chi connectivity index (χ2v) is 7.07. The lowest BCUT2D eigenvalue weighted by molar-refractivity contribution is 0.207. The van der Waals surface area contributed by atoms with E-state index in [9.17, 15) is 0 Å². The smallest absolute Gasteiger partial charge is 0.00953 e. The number of nitrogens with one attached hydrogen (secondary N) is 1. The summed E-state index contributed by atoms with van der Waals surface area (Å²) >= 11 is 0. The average Bonchev–Trinajstić information content (AvgIpc) is 2.42. The third kappa shape index (κ3) is 6.79. The molecule has 0 saturated heterocycles. The van der Waals surface area contributed by atoms with E-state index in [1.165, 1.54) is 64.3 Å². The maximum atomic E-state index is 3.85. The van der Waals surface area contributed by atoms with E-state index in [0.29, 0.717) is 0 Å². The second kappa shape index (κ2) is 9.80. The van der Waals surface area contributed by atoms with Gasteiger partial charge in [-0.15, -0.1) is 0 Å². The van der Waals surface area contributed by atoms with E-state index in [0.717, 1.165) is 23.8 Å². The quantitative estimate of drug-likeness (QED) is 0.590. The van der Waals surface area contributed by atoms with E-state index in [-0.39, 0.29) is 0 Å². The molecule has 1 heteroatoms. The molecule has 19 heavy (non-hydrogen) atoms. The number of hydrogen-bond donors (Lipinski definition) is 1. The third-order valence-electron chi connectivity index (χ3n) is 4.99. The average molecular weight is 268 g/mol. The molecule has 1 aliphatic carbocycles. The first-order valence-corrected chi connectivity index (χ1v) is 8.90. The van der Waals surface area contributed by atoms with Crippen LogP contribution >= 0.6 is 0 Å². The Morgan fingerprint density at radius 1 is 1.00 bits per heavy atom. The van der Waals surface area contributed by atoms with Crippen LogP contribution in [-0.4, -0.2) is 12.6 Å². The molecule has 1 unspecified atom stereocenters. The van der Waals surface area contributed by atoms with Crippen LogP contribution in [0.25, 0.3) is 0 Å². The molecular weight excluding hydrogens is 230 g/mol. The summed E-state index contributed by atoms with van der Waals surface area (Å²) in [5, 5.41) is 3.85. The van der Waals surface area contributed by atoms with Gasteiger partial charge in [0, 0.05) is 6.04 Å². The lowest BCUT2D eigenvalue weighted by Gasteiger charge is -2.34. The first-order chi connectivity index (χ1) is 9.17. The predicted octanol–water partition coefficient (Wildman–Crippen LogP) is 5.40. The predicted molar refractivity (Wildman–Crippen MR) is 86.5 cm³/mol. The maximum absolute atomic E-state index is 3.85. The zero-order valence-electron chi connectivity index (χ0n) is 13.9. The van der Waals surface area contributed by atoms with Gasteiger partial charge in [-0.25, -0.2) is 0 Å². The van der Waals surface area contributed by atoms with Crippen LogP contribution in [0.2, 0.25) is 0 Å². The molecule has 1 saturated carbocycles. The molecule has 1 atom stereocenters. The molecule has 0 aliphatic heterocycles. The summed E-state index contributed by atoms with van der Waals surface area (Å²) in [6.45, 7) is 10.6. The van der Waals surface area contributed by atoms with E-state index < -0.39 is 0 Å². The van der Waals surface area contributed by atoms with E-state index >= 15 is 0 Å². The van der Waals surface area contributed by atoms with Gasteiger partial charge in [0.15, 0.2) is 0 Å². The highest BCUT2D eigenvalue weighted by Crippen LogP contribution is 2.33.